The van der Waals surface area contributed by atoms with Crippen molar-refractivity contribution in [3.05, 3.63) is 35.5 Å². The van der Waals surface area contributed by atoms with Crippen LogP contribution in [0, 0.1) is 5.92 Å². The van der Waals surface area contributed by atoms with E-state index in [2.05, 4.69) is 33.8 Å². The SMILES string of the molecule is CC(C)c1nccc(N2CC(Cn3cc(Cl)cn3)C2)n1. The van der Waals surface area contributed by atoms with Gasteiger partial charge in [-0.2, -0.15) is 5.10 Å². The van der Waals surface area contributed by atoms with Gasteiger partial charge in [0.1, 0.15) is 11.6 Å². The highest BCUT2D eigenvalue weighted by Crippen LogP contribution is 2.24. The van der Waals surface area contributed by atoms with E-state index in [1.54, 1.807) is 6.20 Å². The van der Waals surface area contributed by atoms with Crippen LogP contribution in [-0.2, 0) is 6.54 Å². The molecule has 3 rings (SSSR count). The smallest absolute Gasteiger partial charge is 0.133 e. The number of rotatable bonds is 4. The van der Waals surface area contributed by atoms with E-state index in [-0.39, 0.29) is 0 Å². The first-order chi connectivity index (χ1) is 9.61. The van der Waals surface area contributed by atoms with E-state index in [1.165, 1.54) is 0 Å². The Morgan fingerprint density at radius 2 is 2.20 bits per heavy atom. The summed E-state index contributed by atoms with van der Waals surface area (Å²) in [7, 11) is 0. The lowest BCUT2D eigenvalue weighted by Crippen LogP contribution is -2.49. The van der Waals surface area contributed by atoms with E-state index < -0.39 is 0 Å². The van der Waals surface area contributed by atoms with E-state index in [4.69, 9.17) is 11.6 Å². The number of hydrogen-bond donors (Lipinski definition) is 0. The van der Waals surface area contributed by atoms with Crippen LogP contribution in [0.2, 0.25) is 5.02 Å². The van der Waals surface area contributed by atoms with Crippen molar-refractivity contribution in [1.29, 1.82) is 0 Å². The molecule has 106 valence electrons. The second-order valence-corrected chi connectivity index (χ2v) is 6.02. The molecule has 0 amide bonds. The fourth-order valence-corrected chi connectivity index (χ4v) is 2.55. The Balaban J connectivity index is 1.58. The fraction of sp³-hybridized carbons (Fsp3) is 0.500. The van der Waals surface area contributed by atoms with E-state index >= 15 is 0 Å². The predicted octanol–water partition coefficient (Wildman–Crippen LogP) is 2.59. The maximum absolute atomic E-state index is 5.87. The molecule has 1 aliphatic heterocycles. The van der Waals surface area contributed by atoms with Crippen molar-refractivity contribution in [3.8, 4) is 0 Å². The molecule has 3 heterocycles. The van der Waals surface area contributed by atoms with Crippen molar-refractivity contribution in [2.75, 3.05) is 18.0 Å². The highest BCUT2D eigenvalue weighted by molar-refractivity contribution is 6.30. The lowest BCUT2D eigenvalue weighted by atomic mass is 10.0. The summed E-state index contributed by atoms with van der Waals surface area (Å²) in [4.78, 5) is 11.2. The van der Waals surface area contributed by atoms with Crippen molar-refractivity contribution < 1.29 is 0 Å². The topological polar surface area (TPSA) is 46.8 Å². The van der Waals surface area contributed by atoms with Crippen molar-refractivity contribution in [2.45, 2.75) is 26.3 Å². The van der Waals surface area contributed by atoms with Crippen LogP contribution >= 0.6 is 11.6 Å². The third-order valence-electron chi connectivity index (χ3n) is 3.50. The Morgan fingerprint density at radius 3 is 2.85 bits per heavy atom. The van der Waals surface area contributed by atoms with Crippen molar-refractivity contribution in [3.63, 3.8) is 0 Å². The molecule has 0 spiro atoms. The van der Waals surface area contributed by atoms with Crippen LogP contribution in [0.5, 0.6) is 0 Å². The van der Waals surface area contributed by atoms with Gasteiger partial charge in [-0.05, 0) is 6.07 Å². The summed E-state index contributed by atoms with van der Waals surface area (Å²) >= 11 is 5.87. The standard InChI is InChI=1S/C14H18ClN5/c1-10(2)14-16-4-3-13(18-14)19-6-11(7-19)8-20-9-12(15)5-17-20/h3-5,9-11H,6-8H2,1-2H3. The first kappa shape index (κ1) is 13.4. The normalized spacial score (nSPS) is 15.7. The fourth-order valence-electron chi connectivity index (χ4n) is 2.39. The molecule has 2 aromatic rings. The van der Waals surface area contributed by atoms with Crippen LogP contribution in [-0.4, -0.2) is 32.8 Å². The summed E-state index contributed by atoms with van der Waals surface area (Å²) in [6.45, 7) is 7.14. The number of hydrogen-bond acceptors (Lipinski definition) is 4. The molecule has 2 aromatic heterocycles. The summed E-state index contributed by atoms with van der Waals surface area (Å²) in [6, 6.07) is 1.98. The van der Waals surface area contributed by atoms with E-state index in [9.17, 15) is 0 Å². The van der Waals surface area contributed by atoms with Crippen LogP contribution in [0.25, 0.3) is 0 Å². The molecule has 0 bridgehead atoms. The minimum Gasteiger partial charge on any atom is -0.356 e. The van der Waals surface area contributed by atoms with Gasteiger partial charge in [0.2, 0.25) is 0 Å². The number of nitrogens with zero attached hydrogens (tertiary/aromatic N) is 5. The van der Waals surface area contributed by atoms with Gasteiger partial charge in [-0.1, -0.05) is 25.4 Å². The first-order valence-electron chi connectivity index (χ1n) is 6.87. The lowest BCUT2D eigenvalue weighted by molar-refractivity contribution is 0.340. The zero-order valence-electron chi connectivity index (χ0n) is 11.7. The third-order valence-corrected chi connectivity index (χ3v) is 3.70. The van der Waals surface area contributed by atoms with Crippen LogP contribution in [0.3, 0.4) is 0 Å². The van der Waals surface area contributed by atoms with Gasteiger partial charge in [0.25, 0.3) is 0 Å². The molecule has 1 aliphatic rings. The van der Waals surface area contributed by atoms with Crippen LogP contribution in [0.4, 0.5) is 5.82 Å². The van der Waals surface area contributed by atoms with E-state index in [1.807, 2.05) is 23.1 Å². The molecule has 0 atom stereocenters. The first-order valence-corrected chi connectivity index (χ1v) is 7.25. The highest BCUT2D eigenvalue weighted by Gasteiger charge is 2.28. The third kappa shape index (κ3) is 2.77. The van der Waals surface area contributed by atoms with Crippen molar-refractivity contribution >= 4 is 17.4 Å². The largest absolute Gasteiger partial charge is 0.356 e. The monoisotopic (exact) mass is 291 g/mol. The van der Waals surface area contributed by atoms with Crippen molar-refractivity contribution in [1.82, 2.24) is 19.7 Å². The van der Waals surface area contributed by atoms with E-state index in [0.717, 1.165) is 31.3 Å². The zero-order valence-corrected chi connectivity index (χ0v) is 12.5. The van der Waals surface area contributed by atoms with Gasteiger partial charge in [0.15, 0.2) is 0 Å². The van der Waals surface area contributed by atoms with Crippen LogP contribution < -0.4 is 4.90 Å². The van der Waals surface area contributed by atoms with Gasteiger partial charge in [0, 0.05) is 43.9 Å². The maximum atomic E-state index is 5.87. The maximum Gasteiger partial charge on any atom is 0.133 e. The molecular formula is C14H18ClN5. The lowest BCUT2D eigenvalue weighted by Gasteiger charge is -2.40. The van der Waals surface area contributed by atoms with Gasteiger partial charge in [-0.25, -0.2) is 9.97 Å². The van der Waals surface area contributed by atoms with Crippen LogP contribution in [0.1, 0.15) is 25.6 Å². The zero-order chi connectivity index (χ0) is 14.1. The summed E-state index contributed by atoms with van der Waals surface area (Å²) < 4.78 is 1.91. The number of halogens is 1. The average molecular weight is 292 g/mol. The molecule has 0 aromatic carbocycles. The highest BCUT2D eigenvalue weighted by atomic mass is 35.5. The summed E-state index contributed by atoms with van der Waals surface area (Å²) in [5.41, 5.74) is 0. The van der Waals surface area contributed by atoms with Gasteiger partial charge >= 0.3 is 0 Å². The molecule has 6 heteroatoms. The molecular weight excluding hydrogens is 274 g/mol. The Kier molecular flexibility index (Phi) is 3.61. The second kappa shape index (κ2) is 5.40. The van der Waals surface area contributed by atoms with Crippen LogP contribution in [0.15, 0.2) is 24.7 Å². The minimum absolute atomic E-state index is 0.359. The molecule has 0 unspecified atom stereocenters. The molecule has 0 N–H and O–H groups in total. The Hall–Kier alpha value is -1.62. The number of anilines is 1. The molecule has 5 nitrogen and oxygen atoms in total. The Morgan fingerprint density at radius 1 is 1.40 bits per heavy atom. The second-order valence-electron chi connectivity index (χ2n) is 5.58. The van der Waals surface area contributed by atoms with Gasteiger partial charge in [-0.3, -0.25) is 4.68 Å². The number of aromatic nitrogens is 4. The van der Waals surface area contributed by atoms with Gasteiger partial charge in [-0.15, -0.1) is 0 Å². The summed E-state index contributed by atoms with van der Waals surface area (Å²) in [6.07, 6.45) is 5.39. The average Bonchev–Trinajstić information content (AvgIpc) is 2.79. The molecule has 20 heavy (non-hydrogen) atoms. The van der Waals surface area contributed by atoms with E-state index in [0.29, 0.717) is 16.9 Å². The van der Waals surface area contributed by atoms with Gasteiger partial charge < -0.3 is 4.90 Å². The molecule has 1 fully saturated rings. The Bertz CT molecular complexity index is 589. The Labute approximate surface area is 123 Å². The molecule has 1 saturated heterocycles. The minimum atomic E-state index is 0.359. The summed E-state index contributed by atoms with van der Waals surface area (Å²) in [5.74, 6) is 2.89. The quantitative estimate of drug-likeness (QED) is 0.869. The molecule has 0 radical (unpaired) electrons. The molecule has 0 aliphatic carbocycles. The summed E-state index contributed by atoms with van der Waals surface area (Å²) in [5, 5.41) is 4.91. The predicted molar refractivity (Wildman–Crippen MR) is 79.1 cm³/mol. The van der Waals surface area contributed by atoms with Gasteiger partial charge in [0.05, 0.1) is 11.2 Å². The van der Waals surface area contributed by atoms with Crippen molar-refractivity contribution in [2.24, 2.45) is 5.92 Å². The molecule has 0 saturated carbocycles.